The molecule has 0 bridgehead atoms. The van der Waals surface area contributed by atoms with Crippen molar-refractivity contribution >= 4 is 10.9 Å². The van der Waals surface area contributed by atoms with Crippen molar-refractivity contribution in [3.05, 3.63) is 29.7 Å². The fourth-order valence-electron chi connectivity index (χ4n) is 1.34. The van der Waals surface area contributed by atoms with Gasteiger partial charge in [-0.15, -0.1) is 0 Å². The van der Waals surface area contributed by atoms with Gasteiger partial charge in [0, 0.05) is 24.1 Å². The largest absolute Gasteiger partial charge is 0.392 e. The van der Waals surface area contributed by atoms with Gasteiger partial charge in [-0.05, 0) is 6.07 Å². The maximum Gasteiger partial charge on any atom is 0.130 e. The molecule has 0 spiro atoms. The third-order valence-electron chi connectivity index (χ3n) is 2.08. The van der Waals surface area contributed by atoms with E-state index in [9.17, 15) is 4.39 Å². The van der Waals surface area contributed by atoms with Gasteiger partial charge in [-0.3, -0.25) is 4.68 Å². The van der Waals surface area contributed by atoms with Crippen LogP contribution in [0.5, 0.6) is 0 Å². The number of aromatic nitrogens is 2. The van der Waals surface area contributed by atoms with Crippen molar-refractivity contribution in [1.29, 1.82) is 0 Å². The Kier molecular flexibility index (Phi) is 1.77. The minimum Gasteiger partial charge on any atom is -0.392 e. The molecular formula is C9H9FN2O. The van der Waals surface area contributed by atoms with Crippen molar-refractivity contribution < 1.29 is 9.50 Å². The lowest BCUT2D eigenvalue weighted by molar-refractivity contribution is 0.276. The number of aryl methyl sites for hydroxylation is 1. The van der Waals surface area contributed by atoms with Crippen LogP contribution < -0.4 is 0 Å². The van der Waals surface area contributed by atoms with Gasteiger partial charge in [0.1, 0.15) is 5.82 Å². The van der Waals surface area contributed by atoms with E-state index in [0.717, 1.165) is 10.9 Å². The molecule has 0 saturated carbocycles. The van der Waals surface area contributed by atoms with Crippen LogP contribution in [-0.2, 0) is 13.7 Å². The molecule has 1 heterocycles. The summed E-state index contributed by atoms with van der Waals surface area (Å²) in [5.74, 6) is -0.390. The van der Waals surface area contributed by atoms with E-state index in [-0.39, 0.29) is 6.61 Å². The summed E-state index contributed by atoms with van der Waals surface area (Å²) in [6, 6.07) is 2.99. The van der Waals surface area contributed by atoms with Crippen LogP contribution in [0.2, 0.25) is 0 Å². The lowest BCUT2D eigenvalue weighted by atomic mass is 10.1. The molecule has 1 aromatic heterocycles. The summed E-state index contributed by atoms with van der Waals surface area (Å²) in [7, 11) is 1.75. The predicted octanol–water partition coefficient (Wildman–Crippen LogP) is 1.20. The highest BCUT2D eigenvalue weighted by Crippen LogP contribution is 2.18. The molecule has 0 radical (unpaired) electrons. The Morgan fingerprint density at radius 2 is 2.31 bits per heavy atom. The number of benzene rings is 1. The summed E-state index contributed by atoms with van der Waals surface area (Å²) in [6.07, 6.45) is 1.65. The van der Waals surface area contributed by atoms with Crippen LogP contribution >= 0.6 is 0 Å². The molecule has 0 aliphatic carbocycles. The van der Waals surface area contributed by atoms with Crippen LogP contribution in [0.15, 0.2) is 18.3 Å². The normalized spacial score (nSPS) is 11.0. The molecule has 3 nitrogen and oxygen atoms in total. The fraction of sp³-hybridized carbons (Fsp3) is 0.222. The Hall–Kier alpha value is -1.42. The molecule has 1 N–H and O–H groups in total. The molecule has 0 amide bonds. The van der Waals surface area contributed by atoms with Crippen LogP contribution in [0.3, 0.4) is 0 Å². The van der Waals surface area contributed by atoms with Gasteiger partial charge >= 0.3 is 0 Å². The highest BCUT2D eigenvalue weighted by atomic mass is 19.1. The molecule has 4 heteroatoms. The number of fused-ring (bicyclic) bond motifs is 1. The van der Waals surface area contributed by atoms with Crippen LogP contribution in [0.4, 0.5) is 4.39 Å². The van der Waals surface area contributed by atoms with E-state index >= 15 is 0 Å². The second-order valence-electron chi connectivity index (χ2n) is 2.93. The van der Waals surface area contributed by atoms with Crippen molar-refractivity contribution in [3.8, 4) is 0 Å². The maximum absolute atomic E-state index is 13.2. The second-order valence-corrected chi connectivity index (χ2v) is 2.93. The first-order valence-corrected chi connectivity index (χ1v) is 3.93. The zero-order chi connectivity index (χ0) is 9.42. The van der Waals surface area contributed by atoms with Gasteiger partial charge in [0.15, 0.2) is 0 Å². The minimum absolute atomic E-state index is 0.281. The van der Waals surface area contributed by atoms with Crippen LogP contribution in [0.1, 0.15) is 5.56 Å². The average Bonchev–Trinajstić information content (AvgIpc) is 2.47. The van der Waals surface area contributed by atoms with Crippen molar-refractivity contribution in [3.63, 3.8) is 0 Å². The summed E-state index contributed by atoms with van der Waals surface area (Å²) in [6.45, 7) is -0.281. The van der Waals surface area contributed by atoms with Crippen molar-refractivity contribution in [2.24, 2.45) is 7.05 Å². The average molecular weight is 180 g/mol. The van der Waals surface area contributed by atoms with Gasteiger partial charge in [0.2, 0.25) is 0 Å². The zero-order valence-electron chi connectivity index (χ0n) is 7.16. The summed E-state index contributed by atoms with van der Waals surface area (Å²) in [4.78, 5) is 0. The molecule has 68 valence electrons. The van der Waals surface area contributed by atoms with E-state index in [0.29, 0.717) is 5.56 Å². The van der Waals surface area contributed by atoms with Gasteiger partial charge in [0.05, 0.1) is 18.3 Å². The van der Waals surface area contributed by atoms with Crippen molar-refractivity contribution in [1.82, 2.24) is 9.78 Å². The summed E-state index contributed by atoms with van der Waals surface area (Å²) >= 11 is 0. The SMILES string of the molecule is Cn1ncc2cc(CO)c(F)cc21. The highest BCUT2D eigenvalue weighted by molar-refractivity contribution is 5.79. The third-order valence-corrected chi connectivity index (χ3v) is 2.08. The van der Waals surface area contributed by atoms with Gasteiger partial charge in [-0.25, -0.2) is 4.39 Å². The number of rotatable bonds is 1. The molecule has 2 aromatic rings. The Morgan fingerprint density at radius 1 is 1.54 bits per heavy atom. The third kappa shape index (κ3) is 1.19. The zero-order valence-corrected chi connectivity index (χ0v) is 7.16. The van der Waals surface area contributed by atoms with E-state index in [1.54, 1.807) is 24.0 Å². The molecule has 0 unspecified atom stereocenters. The van der Waals surface area contributed by atoms with Crippen LogP contribution in [0, 0.1) is 5.82 Å². The number of hydrogen-bond donors (Lipinski definition) is 1. The Labute approximate surface area is 74.4 Å². The first-order valence-electron chi connectivity index (χ1n) is 3.93. The van der Waals surface area contributed by atoms with E-state index < -0.39 is 5.82 Å². The van der Waals surface area contributed by atoms with Gasteiger partial charge in [0.25, 0.3) is 0 Å². The number of aliphatic hydroxyl groups excluding tert-OH is 1. The second kappa shape index (κ2) is 2.81. The monoisotopic (exact) mass is 180 g/mol. The Balaban J connectivity index is 2.76. The summed E-state index contributed by atoms with van der Waals surface area (Å²) < 4.78 is 14.8. The number of halogens is 1. The standard InChI is InChI=1S/C9H9FN2O/c1-12-9-3-8(10)7(5-13)2-6(9)4-11-12/h2-4,13H,5H2,1H3. The number of hydrogen-bond acceptors (Lipinski definition) is 2. The van der Waals surface area contributed by atoms with E-state index in [4.69, 9.17) is 5.11 Å². The predicted molar refractivity (Wildman–Crippen MR) is 46.6 cm³/mol. The number of aliphatic hydroxyl groups is 1. The minimum atomic E-state index is -0.390. The molecule has 0 aliphatic rings. The molecular weight excluding hydrogens is 171 g/mol. The molecule has 2 rings (SSSR count). The highest BCUT2D eigenvalue weighted by Gasteiger charge is 2.06. The van der Waals surface area contributed by atoms with Gasteiger partial charge in [-0.1, -0.05) is 0 Å². The Bertz CT molecular complexity index is 450. The molecule has 13 heavy (non-hydrogen) atoms. The fourth-order valence-corrected chi connectivity index (χ4v) is 1.34. The van der Waals surface area contributed by atoms with Crippen LogP contribution in [0.25, 0.3) is 10.9 Å². The van der Waals surface area contributed by atoms with E-state index in [2.05, 4.69) is 5.10 Å². The van der Waals surface area contributed by atoms with Crippen molar-refractivity contribution in [2.45, 2.75) is 6.61 Å². The molecule has 0 saturated heterocycles. The lowest BCUT2D eigenvalue weighted by Crippen LogP contribution is -1.92. The first kappa shape index (κ1) is 8.19. The van der Waals surface area contributed by atoms with Crippen LogP contribution in [-0.4, -0.2) is 14.9 Å². The van der Waals surface area contributed by atoms with Gasteiger partial charge in [-0.2, -0.15) is 5.10 Å². The smallest absolute Gasteiger partial charge is 0.130 e. The molecule has 0 atom stereocenters. The summed E-state index contributed by atoms with van der Waals surface area (Å²) in [5.41, 5.74) is 1.04. The van der Waals surface area contributed by atoms with Crippen molar-refractivity contribution in [2.75, 3.05) is 0 Å². The Morgan fingerprint density at radius 3 is 3.00 bits per heavy atom. The number of nitrogens with zero attached hydrogens (tertiary/aromatic N) is 2. The van der Waals surface area contributed by atoms with E-state index in [1.807, 2.05) is 0 Å². The summed E-state index contributed by atoms with van der Waals surface area (Å²) in [5, 5.41) is 13.6. The first-order chi connectivity index (χ1) is 6.22. The molecule has 0 fully saturated rings. The quantitative estimate of drug-likeness (QED) is 0.716. The maximum atomic E-state index is 13.2. The lowest BCUT2D eigenvalue weighted by Gasteiger charge is -1.99. The molecule has 0 aliphatic heterocycles. The molecule has 1 aromatic carbocycles. The van der Waals surface area contributed by atoms with Gasteiger partial charge < -0.3 is 5.11 Å². The topological polar surface area (TPSA) is 38.0 Å². The van der Waals surface area contributed by atoms with E-state index in [1.165, 1.54) is 6.07 Å².